The second-order valence-electron chi connectivity index (χ2n) is 7.76. The highest BCUT2D eigenvalue weighted by molar-refractivity contribution is 5.34. The van der Waals surface area contributed by atoms with Gasteiger partial charge in [0.2, 0.25) is 0 Å². The Morgan fingerprint density at radius 3 is 2.81 bits per heavy atom. The Hall–Kier alpha value is -2.18. The number of methoxy groups -OCH3 is 1. The van der Waals surface area contributed by atoms with Crippen LogP contribution in [0.25, 0.3) is 0 Å². The minimum absolute atomic E-state index is 0.0412. The van der Waals surface area contributed by atoms with Crippen molar-refractivity contribution in [2.45, 2.75) is 44.4 Å². The summed E-state index contributed by atoms with van der Waals surface area (Å²) in [7, 11) is 1.70. The van der Waals surface area contributed by atoms with E-state index < -0.39 is 0 Å². The third-order valence-electron chi connectivity index (χ3n) is 5.54. The number of nitrogens with zero attached hydrogens (tertiary/aromatic N) is 3. The van der Waals surface area contributed by atoms with Crippen LogP contribution in [0, 0.1) is 6.92 Å². The molecule has 1 N–H and O–H groups in total. The van der Waals surface area contributed by atoms with Gasteiger partial charge in [0.05, 0.1) is 31.1 Å². The largest absolute Gasteiger partial charge is 0.497 e. The van der Waals surface area contributed by atoms with E-state index in [1.165, 1.54) is 12.0 Å². The smallest absolute Gasteiger partial charge is 0.148 e. The molecule has 1 aromatic carbocycles. The Morgan fingerprint density at radius 1 is 1.22 bits per heavy atom. The van der Waals surface area contributed by atoms with Crippen molar-refractivity contribution < 1.29 is 9.47 Å². The molecule has 1 spiro atoms. The molecule has 0 radical (unpaired) electrons. The molecule has 2 aromatic rings. The van der Waals surface area contributed by atoms with Gasteiger partial charge in [-0.25, -0.2) is 0 Å². The number of hydrogen-bond donors (Lipinski definition) is 1. The first-order valence-corrected chi connectivity index (χ1v) is 9.70. The van der Waals surface area contributed by atoms with Crippen LogP contribution in [0.4, 0.5) is 5.82 Å². The number of aromatic nitrogens is 2. The summed E-state index contributed by atoms with van der Waals surface area (Å²) in [5.41, 5.74) is 2.21. The number of ether oxygens (including phenoxy) is 2. The molecule has 2 saturated heterocycles. The molecule has 2 aliphatic rings. The fourth-order valence-corrected chi connectivity index (χ4v) is 4.22. The van der Waals surface area contributed by atoms with Gasteiger partial charge in [0.25, 0.3) is 0 Å². The van der Waals surface area contributed by atoms with Crippen LogP contribution in [0.2, 0.25) is 0 Å². The molecule has 2 atom stereocenters. The summed E-state index contributed by atoms with van der Waals surface area (Å²) in [5, 5.41) is 11.8. The van der Waals surface area contributed by atoms with Crippen LogP contribution in [0.5, 0.6) is 5.75 Å². The Balaban J connectivity index is 1.35. The van der Waals surface area contributed by atoms with Gasteiger partial charge in [-0.1, -0.05) is 12.1 Å². The van der Waals surface area contributed by atoms with Crippen LogP contribution in [0.1, 0.15) is 30.5 Å². The molecular weight excluding hydrogens is 340 g/mol. The first kappa shape index (κ1) is 18.2. The van der Waals surface area contributed by atoms with Crippen molar-refractivity contribution in [3.63, 3.8) is 0 Å². The summed E-state index contributed by atoms with van der Waals surface area (Å²) in [6.07, 6.45) is 3.32. The molecule has 6 nitrogen and oxygen atoms in total. The van der Waals surface area contributed by atoms with Crippen LogP contribution in [0.15, 0.2) is 36.4 Å². The van der Waals surface area contributed by atoms with Crippen molar-refractivity contribution in [3.8, 4) is 5.75 Å². The number of nitrogens with one attached hydrogen (secondary N) is 1. The van der Waals surface area contributed by atoms with Crippen LogP contribution < -0.4 is 10.1 Å². The molecule has 0 bridgehead atoms. The lowest BCUT2D eigenvalue weighted by Crippen LogP contribution is -2.47. The van der Waals surface area contributed by atoms with E-state index in [9.17, 15) is 0 Å². The highest BCUT2D eigenvalue weighted by Crippen LogP contribution is 2.36. The topological polar surface area (TPSA) is 59.5 Å². The molecule has 27 heavy (non-hydrogen) atoms. The second kappa shape index (κ2) is 7.82. The summed E-state index contributed by atoms with van der Waals surface area (Å²) < 4.78 is 11.6. The Kier molecular flexibility index (Phi) is 5.27. The number of hydrogen-bond acceptors (Lipinski definition) is 6. The van der Waals surface area contributed by atoms with Gasteiger partial charge in [0, 0.05) is 19.5 Å². The van der Waals surface area contributed by atoms with Gasteiger partial charge in [-0.3, -0.25) is 4.90 Å². The standard InChI is InChI=1S/C21H28N4O2/c1-16-4-9-20(24-23-16)22-18-12-21(27-14-18)10-3-11-25(15-21)13-17-5-7-19(26-2)8-6-17/h4-9,18H,3,10-15H2,1-2H3,(H,22,24)/t18-,21+/m1/s1. The number of piperidine rings is 1. The average molecular weight is 368 g/mol. The third-order valence-corrected chi connectivity index (χ3v) is 5.54. The zero-order valence-corrected chi connectivity index (χ0v) is 16.1. The molecule has 2 fully saturated rings. The highest BCUT2D eigenvalue weighted by atomic mass is 16.5. The summed E-state index contributed by atoms with van der Waals surface area (Å²) >= 11 is 0. The normalized spacial score (nSPS) is 25.6. The van der Waals surface area contributed by atoms with Crippen LogP contribution in [0.3, 0.4) is 0 Å². The minimum atomic E-state index is -0.0412. The number of aryl methyl sites for hydroxylation is 1. The zero-order valence-electron chi connectivity index (χ0n) is 16.1. The van der Waals surface area contributed by atoms with Crippen LogP contribution in [-0.4, -0.2) is 53.5 Å². The van der Waals surface area contributed by atoms with E-state index in [0.29, 0.717) is 6.04 Å². The second-order valence-corrected chi connectivity index (χ2v) is 7.76. The Morgan fingerprint density at radius 2 is 2.07 bits per heavy atom. The van der Waals surface area contributed by atoms with Crippen molar-refractivity contribution in [1.29, 1.82) is 0 Å². The quantitative estimate of drug-likeness (QED) is 0.875. The van der Waals surface area contributed by atoms with Crippen molar-refractivity contribution >= 4 is 5.82 Å². The summed E-state index contributed by atoms with van der Waals surface area (Å²) in [6.45, 7) is 5.74. The van der Waals surface area contributed by atoms with E-state index in [-0.39, 0.29) is 5.60 Å². The van der Waals surface area contributed by atoms with E-state index >= 15 is 0 Å². The molecule has 144 valence electrons. The number of likely N-dealkylation sites (tertiary alicyclic amines) is 1. The van der Waals surface area contributed by atoms with E-state index in [4.69, 9.17) is 9.47 Å². The predicted octanol–water partition coefficient (Wildman–Crippen LogP) is 3.03. The van der Waals surface area contributed by atoms with Crippen molar-refractivity contribution in [1.82, 2.24) is 15.1 Å². The maximum Gasteiger partial charge on any atom is 0.148 e. The van der Waals surface area contributed by atoms with Crippen molar-refractivity contribution in [2.24, 2.45) is 0 Å². The Labute approximate surface area is 160 Å². The molecule has 3 heterocycles. The molecule has 1 aromatic heterocycles. The molecule has 4 rings (SSSR count). The van der Waals surface area contributed by atoms with Gasteiger partial charge in [-0.2, -0.15) is 5.10 Å². The van der Waals surface area contributed by atoms with E-state index in [1.807, 2.05) is 31.2 Å². The van der Waals surface area contributed by atoms with Crippen LogP contribution in [-0.2, 0) is 11.3 Å². The van der Waals surface area contributed by atoms with Gasteiger partial charge >= 0.3 is 0 Å². The maximum absolute atomic E-state index is 6.32. The molecule has 6 heteroatoms. The number of benzene rings is 1. The molecule has 0 amide bonds. The first-order valence-electron chi connectivity index (χ1n) is 9.70. The lowest BCUT2D eigenvalue weighted by Gasteiger charge is -2.39. The van der Waals surface area contributed by atoms with Gasteiger partial charge in [-0.05, 0) is 56.1 Å². The van der Waals surface area contributed by atoms with E-state index in [2.05, 4.69) is 32.5 Å². The Bertz CT molecular complexity index is 750. The van der Waals surface area contributed by atoms with Gasteiger partial charge < -0.3 is 14.8 Å². The van der Waals surface area contributed by atoms with E-state index in [1.54, 1.807) is 7.11 Å². The van der Waals surface area contributed by atoms with E-state index in [0.717, 1.165) is 56.3 Å². The van der Waals surface area contributed by atoms with Crippen molar-refractivity contribution in [3.05, 3.63) is 47.7 Å². The molecule has 0 aliphatic carbocycles. The van der Waals surface area contributed by atoms with Crippen LogP contribution >= 0.6 is 0 Å². The number of rotatable bonds is 5. The summed E-state index contributed by atoms with van der Waals surface area (Å²) in [4.78, 5) is 2.51. The molecular formula is C21H28N4O2. The fraction of sp³-hybridized carbons (Fsp3) is 0.524. The lowest BCUT2D eigenvalue weighted by molar-refractivity contribution is -0.0533. The number of anilines is 1. The SMILES string of the molecule is COc1ccc(CN2CCC[C@]3(C[C@@H](Nc4ccc(C)nn4)CO3)C2)cc1. The van der Waals surface area contributed by atoms with Gasteiger partial charge in [0.1, 0.15) is 11.6 Å². The molecule has 0 saturated carbocycles. The average Bonchev–Trinajstić information content (AvgIpc) is 3.06. The minimum Gasteiger partial charge on any atom is -0.497 e. The maximum atomic E-state index is 6.32. The zero-order chi connectivity index (χ0) is 18.7. The van der Waals surface area contributed by atoms with Gasteiger partial charge in [-0.15, -0.1) is 5.10 Å². The third kappa shape index (κ3) is 4.39. The summed E-state index contributed by atoms with van der Waals surface area (Å²) in [6, 6.07) is 12.6. The summed E-state index contributed by atoms with van der Waals surface area (Å²) in [5.74, 6) is 1.73. The fourth-order valence-electron chi connectivity index (χ4n) is 4.22. The lowest BCUT2D eigenvalue weighted by atomic mass is 9.88. The monoisotopic (exact) mass is 368 g/mol. The van der Waals surface area contributed by atoms with Gasteiger partial charge in [0.15, 0.2) is 0 Å². The highest BCUT2D eigenvalue weighted by Gasteiger charge is 2.43. The predicted molar refractivity (Wildman–Crippen MR) is 105 cm³/mol. The van der Waals surface area contributed by atoms with Crippen molar-refractivity contribution in [2.75, 3.05) is 32.1 Å². The first-order chi connectivity index (χ1) is 13.1. The molecule has 2 aliphatic heterocycles. The molecule has 0 unspecified atom stereocenters.